The van der Waals surface area contributed by atoms with E-state index in [1.54, 1.807) is 19.3 Å². The number of nitrogens with zero attached hydrogens (tertiary/aromatic N) is 2. The van der Waals surface area contributed by atoms with Crippen molar-refractivity contribution >= 4 is 5.82 Å². The largest absolute Gasteiger partial charge is 0.370 e. The number of hydrogen-bond donors (Lipinski definition) is 1. The number of hydrogen-bond acceptors (Lipinski definition) is 3. The molecule has 2 rings (SSSR count). The maximum Gasteiger partial charge on any atom is 0.133 e. The van der Waals surface area contributed by atoms with Gasteiger partial charge in [-0.05, 0) is 43.5 Å². The molecule has 0 radical (unpaired) electrons. The van der Waals surface area contributed by atoms with Gasteiger partial charge in [-0.25, -0.2) is 14.4 Å². The van der Waals surface area contributed by atoms with Crippen LogP contribution in [-0.2, 0) is 6.42 Å². The lowest BCUT2D eigenvalue weighted by Crippen LogP contribution is -2.08. The molecule has 0 unspecified atom stereocenters. The van der Waals surface area contributed by atoms with Crippen molar-refractivity contribution in [2.45, 2.75) is 40.0 Å². The van der Waals surface area contributed by atoms with Crippen LogP contribution in [0.3, 0.4) is 0 Å². The first-order valence-corrected chi connectivity index (χ1v) is 7.51. The summed E-state index contributed by atoms with van der Waals surface area (Å²) in [6.45, 7) is 6.92. The molecule has 0 saturated carbocycles. The SMILES string of the molecule is CCCNc1ncnc(-c2ccc(F)c(C)c2)c1CCC. The van der Waals surface area contributed by atoms with Gasteiger partial charge < -0.3 is 5.32 Å². The zero-order chi connectivity index (χ0) is 15.2. The number of benzene rings is 1. The van der Waals surface area contributed by atoms with E-state index in [0.717, 1.165) is 48.4 Å². The van der Waals surface area contributed by atoms with Gasteiger partial charge >= 0.3 is 0 Å². The molecule has 1 aromatic heterocycles. The van der Waals surface area contributed by atoms with E-state index in [-0.39, 0.29) is 5.82 Å². The third-order valence-corrected chi connectivity index (χ3v) is 3.42. The number of aryl methyl sites for hydroxylation is 1. The molecule has 0 bridgehead atoms. The standard InChI is InChI=1S/C17H22FN3/c1-4-6-14-16(13-7-8-15(18)12(3)10-13)20-11-21-17(14)19-9-5-2/h7-8,10-11H,4-6,9H2,1-3H3,(H,19,20,21). The van der Waals surface area contributed by atoms with Crippen LogP contribution in [0.25, 0.3) is 11.3 Å². The monoisotopic (exact) mass is 287 g/mol. The van der Waals surface area contributed by atoms with Crippen LogP contribution in [0.1, 0.15) is 37.8 Å². The second-order valence-electron chi connectivity index (χ2n) is 5.19. The number of nitrogens with one attached hydrogen (secondary N) is 1. The fraction of sp³-hybridized carbons (Fsp3) is 0.412. The summed E-state index contributed by atoms with van der Waals surface area (Å²) >= 11 is 0. The summed E-state index contributed by atoms with van der Waals surface area (Å²) < 4.78 is 13.5. The second kappa shape index (κ2) is 7.16. The van der Waals surface area contributed by atoms with Crippen LogP contribution >= 0.6 is 0 Å². The van der Waals surface area contributed by atoms with E-state index in [1.807, 2.05) is 6.07 Å². The predicted molar refractivity (Wildman–Crippen MR) is 84.9 cm³/mol. The highest BCUT2D eigenvalue weighted by atomic mass is 19.1. The molecule has 0 atom stereocenters. The second-order valence-corrected chi connectivity index (χ2v) is 5.19. The minimum atomic E-state index is -0.186. The van der Waals surface area contributed by atoms with Crippen molar-refractivity contribution in [1.82, 2.24) is 9.97 Å². The van der Waals surface area contributed by atoms with Crippen molar-refractivity contribution < 1.29 is 4.39 Å². The van der Waals surface area contributed by atoms with Crippen molar-refractivity contribution in [2.24, 2.45) is 0 Å². The molecule has 0 aliphatic carbocycles. The van der Waals surface area contributed by atoms with Gasteiger partial charge in [0.05, 0.1) is 5.69 Å². The Bertz CT molecular complexity index is 611. The average molecular weight is 287 g/mol. The maximum absolute atomic E-state index is 13.5. The summed E-state index contributed by atoms with van der Waals surface area (Å²) in [5.41, 5.74) is 3.59. The summed E-state index contributed by atoms with van der Waals surface area (Å²) in [6.07, 6.45) is 4.53. The van der Waals surface area contributed by atoms with Gasteiger partial charge in [0, 0.05) is 17.7 Å². The van der Waals surface area contributed by atoms with Gasteiger partial charge in [-0.2, -0.15) is 0 Å². The van der Waals surface area contributed by atoms with Crippen LogP contribution in [0.2, 0.25) is 0 Å². The Labute approximate surface area is 125 Å². The van der Waals surface area contributed by atoms with E-state index in [9.17, 15) is 4.39 Å². The van der Waals surface area contributed by atoms with Gasteiger partial charge in [0.25, 0.3) is 0 Å². The van der Waals surface area contributed by atoms with E-state index < -0.39 is 0 Å². The normalized spacial score (nSPS) is 10.7. The highest BCUT2D eigenvalue weighted by Gasteiger charge is 2.13. The van der Waals surface area contributed by atoms with Crippen molar-refractivity contribution in [2.75, 3.05) is 11.9 Å². The molecule has 112 valence electrons. The van der Waals surface area contributed by atoms with Crippen LogP contribution in [0.5, 0.6) is 0 Å². The quantitative estimate of drug-likeness (QED) is 0.857. The van der Waals surface area contributed by atoms with Gasteiger partial charge in [0.1, 0.15) is 18.0 Å². The van der Waals surface area contributed by atoms with Gasteiger partial charge in [-0.15, -0.1) is 0 Å². The molecule has 0 amide bonds. The van der Waals surface area contributed by atoms with Crippen LogP contribution in [-0.4, -0.2) is 16.5 Å². The molecule has 4 heteroatoms. The number of rotatable bonds is 6. The molecule has 2 aromatic rings. The van der Waals surface area contributed by atoms with E-state index in [0.29, 0.717) is 5.56 Å². The Morgan fingerprint density at radius 3 is 2.62 bits per heavy atom. The minimum Gasteiger partial charge on any atom is -0.370 e. The van der Waals surface area contributed by atoms with Crippen molar-refractivity contribution in [3.63, 3.8) is 0 Å². The van der Waals surface area contributed by atoms with Crippen LogP contribution in [0, 0.1) is 12.7 Å². The molecule has 21 heavy (non-hydrogen) atoms. The van der Waals surface area contributed by atoms with E-state index >= 15 is 0 Å². The first kappa shape index (κ1) is 15.4. The lowest BCUT2D eigenvalue weighted by Gasteiger charge is -2.14. The summed E-state index contributed by atoms with van der Waals surface area (Å²) in [6, 6.07) is 5.13. The third kappa shape index (κ3) is 3.57. The molecule has 0 spiro atoms. The molecule has 1 heterocycles. The summed E-state index contributed by atoms with van der Waals surface area (Å²) in [7, 11) is 0. The summed E-state index contributed by atoms with van der Waals surface area (Å²) in [5.74, 6) is 0.708. The lowest BCUT2D eigenvalue weighted by atomic mass is 10.0. The van der Waals surface area contributed by atoms with Crippen molar-refractivity contribution in [3.8, 4) is 11.3 Å². The predicted octanol–water partition coefficient (Wildman–Crippen LogP) is 4.37. The molecule has 1 N–H and O–H groups in total. The zero-order valence-corrected chi connectivity index (χ0v) is 12.9. The van der Waals surface area contributed by atoms with Crippen molar-refractivity contribution in [3.05, 3.63) is 41.5 Å². The molecule has 1 aromatic carbocycles. The number of anilines is 1. The highest BCUT2D eigenvalue weighted by Crippen LogP contribution is 2.28. The molecular weight excluding hydrogens is 265 g/mol. The first-order valence-electron chi connectivity index (χ1n) is 7.51. The van der Waals surface area contributed by atoms with E-state index in [2.05, 4.69) is 29.1 Å². The molecular formula is C17H22FN3. The first-order chi connectivity index (χ1) is 10.2. The maximum atomic E-state index is 13.5. The Balaban J connectivity index is 2.48. The zero-order valence-electron chi connectivity index (χ0n) is 12.9. The van der Waals surface area contributed by atoms with Crippen LogP contribution in [0.4, 0.5) is 10.2 Å². The van der Waals surface area contributed by atoms with E-state index in [1.165, 1.54) is 6.07 Å². The molecule has 0 aliphatic rings. The van der Waals surface area contributed by atoms with Gasteiger partial charge in [-0.1, -0.05) is 20.3 Å². The lowest BCUT2D eigenvalue weighted by molar-refractivity contribution is 0.618. The Morgan fingerprint density at radius 1 is 1.14 bits per heavy atom. The highest BCUT2D eigenvalue weighted by molar-refractivity contribution is 5.68. The smallest absolute Gasteiger partial charge is 0.133 e. The Morgan fingerprint density at radius 2 is 1.95 bits per heavy atom. The summed E-state index contributed by atoms with van der Waals surface area (Å²) in [5, 5.41) is 3.36. The summed E-state index contributed by atoms with van der Waals surface area (Å²) in [4.78, 5) is 8.80. The van der Waals surface area contributed by atoms with Gasteiger partial charge in [-0.3, -0.25) is 0 Å². The third-order valence-electron chi connectivity index (χ3n) is 3.42. The molecule has 0 saturated heterocycles. The molecule has 0 aliphatic heterocycles. The topological polar surface area (TPSA) is 37.8 Å². The van der Waals surface area contributed by atoms with Gasteiger partial charge in [0.15, 0.2) is 0 Å². The average Bonchev–Trinajstić information content (AvgIpc) is 2.49. The fourth-order valence-electron chi connectivity index (χ4n) is 2.34. The molecule has 0 fully saturated rings. The number of aromatic nitrogens is 2. The van der Waals surface area contributed by atoms with Crippen LogP contribution in [0.15, 0.2) is 24.5 Å². The van der Waals surface area contributed by atoms with Crippen LogP contribution < -0.4 is 5.32 Å². The van der Waals surface area contributed by atoms with E-state index in [4.69, 9.17) is 0 Å². The fourth-order valence-corrected chi connectivity index (χ4v) is 2.34. The Kier molecular flexibility index (Phi) is 5.26. The van der Waals surface area contributed by atoms with Gasteiger partial charge in [0.2, 0.25) is 0 Å². The Hall–Kier alpha value is -1.97. The molecule has 3 nitrogen and oxygen atoms in total. The number of halogens is 1. The van der Waals surface area contributed by atoms with Crippen molar-refractivity contribution in [1.29, 1.82) is 0 Å². The minimum absolute atomic E-state index is 0.186.